The Morgan fingerprint density at radius 2 is 2.30 bits per heavy atom. The Hall–Kier alpha value is -0.640. The fourth-order valence-corrected chi connectivity index (χ4v) is 0.781. The summed E-state index contributed by atoms with van der Waals surface area (Å²) in [6, 6.07) is 0. The van der Waals surface area contributed by atoms with Crippen molar-refractivity contribution in [1.82, 2.24) is 5.43 Å². The smallest absolute Gasteiger partial charge is 0.184 e. The molecule has 10 heavy (non-hydrogen) atoms. The molecule has 1 aliphatic rings. The normalized spacial score (nSPS) is 18.7. The van der Waals surface area contributed by atoms with Gasteiger partial charge in [-0.25, -0.2) is 0 Å². The fourth-order valence-electron chi connectivity index (χ4n) is 0.736. The van der Waals surface area contributed by atoms with Crippen molar-refractivity contribution in [3.05, 3.63) is 0 Å². The Morgan fingerprint density at radius 3 is 2.70 bits per heavy atom. The first-order chi connectivity index (χ1) is 4.70. The molecule has 0 radical (unpaired) electrons. The lowest BCUT2D eigenvalue weighted by atomic mass is 10.3. The van der Waals surface area contributed by atoms with Crippen LogP contribution in [0.25, 0.3) is 0 Å². The highest BCUT2D eigenvalue weighted by Crippen LogP contribution is 2.29. The van der Waals surface area contributed by atoms with Crippen LogP contribution in [0.2, 0.25) is 0 Å². The zero-order chi connectivity index (χ0) is 7.56. The van der Waals surface area contributed by atoms with Gasteiger partial charge in [0.25, 0.3) is 0 Å². The van der Waals surface area contributed by atoms with Gasteiger partial charge in [-0.2, -0.15) is 5.10 Å². The first-order valence-corrected chi connectivity index (χ1v) is 3.70. The Kier molecular flexibility index (Phi) is 2.21. The molecular weight excluding hydrogens is 146 g/mol. The second-order valence-electron chi connectivity index (χ2n) is 2.50. The largest absolute Gasteiger partial charge is 0.375 e. The number of hydrogen-bond acceptors (Lipinski definition) is 2. The molecule has 56 valence electrons. The minimum Gasteiger partial charge on any atom is -0.375 e. The van der Waals surface area contributed by atoms with Crippen molar-refractivity contribution in [2.75, 3.05) is 0 Å². The molecule has 3 nitrogen and oxygen atoms in total. The van der Waals surface area contributed by atoms with Crippen LogP contribution in [0.3, 0.4) is 0 Å². The van der Waals surface area contributed by atoms with Gasteiger partial charge in [-0.1, -0.05) is 0 Å². The van der Waals surface area contributed by atoms with Crippen LogP contribution in [-0.4, -0.2) is 10.8 Å². The second-order valence-corrected chi connectivity index (χ2v) is 2.94. The summed E-state index contributed by atoms with van der Waals surface area (Å²) in [7, 11) is 0. The quantitative estimate of drug-likeness (QED) is 0.351. The zero-order valence-corrected chi connectivity index (χ0v) is 6.74. The summed E-state index contributed by atoms with van der Waals surface area (Å²) in [6.45, 7) is 1.99. The topological polar surface area (TPSA) is 50.4 Å². The molecule has 0 aromatic carbocycles. The molecule has 0 spiro atoms. The van der Waals surface area contributed by atoms with Crippen molar-refractivity contribution in [1.29, 1.82) is 0 Å². The van der Waals surface area contributed by atoms with Gasteiger partial charge in [-0.15, -0.1) is 0 Å². The Labute approximate surface area is 65.7 Å². The van der Waals surface area contributed by atoms with E-state index in [1.807, 2.05) is 6.92 Å². The maximum absolute atomic E-state index is 5.17. The van der Waals surface area contributed by atoms with E-state index in [4.69, 9.17) is 5.73 Å². The fraction of sp³-hybridized carbons (Fsp3) is 0.667. The molecule has 0 atom stereocenters. The lowest BCUT2D eigenvalue weighted by molar-refractivity contribution is 0.993. The third-order valence-corrected chi connectivity index (χ3v) is 1.60. The molecule has 3 N–H and O–H groups in total. The van der Waals surface area contributed by atoms with Crippen molar-refractivity contribution >= 4 is 23.0 Å². The number of nitrogens with one attached hydrogen (secondary N) is 1. The van der Waals surface area contributed by atoms with E-state index in [2.05, 4.69) is 22.7 Å². The second kappa shape index (κ2) is 2.96. The van der Waals surface area contributed by atoms with Crippen LogP contribution in [-0.2, 0) is 0 Å². The SMILES string of the molecule is CC(=NNC(N)=S)C1CC1. The van der Waals surface area contributed by atoms with E-state index < -0.39 is 0 Å². The number of nitrogens with zero attached hydrogens (tertiary/aromatic N) is 1. The van der Waals surface area contributed by atoms with E-state index in [0.29, 0.717) is 5.92 Å². The number of hydrogen-bond donors (Lipinski definition) is 2. The van der Waals surface area contributed by atoms with Crippen LogP contribution in [0.1, 0.15) is 19.8 Å². The van der Waals surface area contributed by atoms with Crippen molar-refractivity contribution in [2.24, 2.45) is 16.8 Å². The molecule has 1 aliphatic carbocycles. The lowest BCUT2D eigenvalue weighted by Crippen LogP contribution is -2.25. The van der Waals surface area contributed by atoms with Crippen molar-refractivity contribution < 1.29 is 0 Å². The van der Waals surface area contributed by atoms with Gasteiger partial charge in [0.1, 0.15) is 0 Å². The van der Waals surface area contributed by atoms with Crippen LogP contribution in [0.5, 0.6) is 0 Å². The highest BCUT2D eigenvalue weighted by molar-refractivity contribution is 7.80. The van der Waals surface area contributed by atoms with Crippen LogP contribution < -0.4 is 11.2 Å². The van der Waals surface area contributed by atoms with Crippen LogP contribution in [0.4, 0.5) is 0 Å². The first kappa shape index (κ1) is 7.47. The van der Waals surface area contributed by atoms with Gasteiger partial charge in [0.05, 0.1) is 0 Å². The summed E-state index contributed by atoms with van der Waals surface area (Å²) in [5, 5.41) is 4.22. The summed E-state index contributed by atoms with van der Waals surface area (Å²) in [4.78, 5) is 0. The standard InChI is InChI=1S/C6H11N3S/c1-4(5-2-3-5)8-9-6(7)10/h5H,2-3H2,1H3,(H3,7,9,10). The average Bonchev–Trinajstić information content (AvgIpc) is 2.63. The van der Waals surface area contributed by atoms with E-state index >= 15 is 0 Å². The predicted molar refractivity (Wildman–Crippen MR) is 45.8 cm³/mol. The molecule has 0 heterocycles. The number of nitrogens with two attached hydrogens (primary N) is 1. The average molecular weight is 157 g/mol. The molecular formula is C6H11N3S. The third-order valence-electron chi connectivity index (χ3n) is 1.51. The Balaban J connectivity index is 2.30. The summed E-state index contributed by atoms with van der Waals surface area (Å²) in [5.74, 6) is 0.682. The van der Waals surface area contributed by atoms with E-state index in [0.717, 1.165) is 5.71 Å². The predicted octanol–water partition coefficient (Wildman–Crippen LogP) is 0.605. The maximum Gasteiger partial charge on any atom is 0.184 e. The molecule has 0 aliphatic heterocycles. The summed E-state index contributed by atoms with van der Waals surface area (Å²) in [5.41, 5.74) is 8.84. The molecule has 0 unspecified atom stereocenters. The van der Waals surface area contributed by atoms with Crippen molar-refractivity contribution in [3.63, 3.8) is 0 Å². The molecule has 1 saturated carbocycles. The van der Waals surface area contributed by atoms with Crippen LogP contribution >= 0.6 is 12.2 Å². The molecule has 1 rings (SSSR count). The number of thiocarbonyl (C=S) groups is 1. The summed E-state index contributed by atoms with van der Waals surface area (Å²) in [6.07, 6.45) is 2.52. The summed E-state index contributed by atoms with van der Waals surface area (Å²) < 4.78 is 0. The Bertz CT molecular complexity index is 172. The van der Waals surface area contributed by atoms with Gasteiger partial charge in [0, 0.05) is 5.71 Å². The van der Waals surface area contributed by atoms with Crippen LogP contribution in [0.15, 0.2) is 5.10 Å². The monoisotopic (exact) mass is 157 g/mol. The van der Waals surface area contributed by atoms with E-state index in [9.17, 15) is 0 Å². The van der Waals surface area contributed by atoms with E-state index in [1.165, 1.54) is 12.8 Å². The minimum absolute atomic E-state index is 0.236. The van der Waals surface area contributed by atoms with Crippen molar-refractivity contribution in [2.45, 2.75) is 19.8 Å². The third kappa shape index (κ3) is 2.31. The van der Waals surface area contributed by atoms with Gasteiger partial charge in [-0.3, -0.25) is 5.43 Å². The molecule has 1 fully saturated rings. The van der Waals surface area contributed by atoms with E-state index in [-0.39, 0.29) is 5.11 Å². The first-order valence-electron chi connectivity index (χ1n) is 3.30. The Morgan fingerprint density at radius 1 is 1.70 bits per heavy atom. The highest BCUT2D eigenvalue weighted by Gasteiger charge is 2.24. The molecule has 0 amide bonds. The minimum atomic E-state index is 0.236. The van der Waals surface area contributed by atoms with Crippen molar-refractivity contribution in [3.8, 4) is 0 Å². The zero-order valence-electron chi connectivity index (χ0n) is 5.92. The summed E-state index contributed by atoms with van der Waals surface area (Å²) >= 11 is 4.58. The van der Waals surface area contributed by atoms with E-state index in [1.54, 1.807) is 0 Å². The number of hydrazone groups is 1. The molecule has 0 saturated heterocycles. The van der Waals surface area contributed by atoms with Gasteiger partial charge >= 0.3 is 0 Å². The maximum atomic E-state index is 5.17. The lowest BCUT2D eigenvalue weighted by Gasteiger charge is -1.97. The molecule has 0 aromatic heterocycles. The van der Waals surface area contributed by atoms with Gasteiger partial charge in [-0.05, 0) is 37.9 Å². The number of rotatable bonds is 2. The van der Waals surface area contributed by atoms with Crippen LogP contribution in [0, 0.1) is 5.92 Å². The molecule has 0 bridgehead atoms. The van der Waals surface area contributed by atoms with Gasteiger partial charge in [0.15, 0.2) is 5.11 Å². The highest BCUT2D eigenvalue weighted by atomic mass is 32.1. The molecule has 0 aromatic rings. The van der Waals surface area contributed by atoms with Gasteiger partial charge in [0.2, 0.25) is 0 Å². The van der Waals surface area contributed by atoms with Gasteiger partial charge < -0.3 is 5.73 Å². The molecule has 4 heteroatoms.